The van der Waals surface area contributed by atoms with Crippen molar-refractivity contribution in [2.24, 2.45) is 4.99 Å². The van der Waals surface area contributed by atoms with Crippen LogP contribution in [0.25, 0.3) is 0 Å². The van der Waals surface area contributed by atoms with Gasteiger partial charge in [-0.1, -0.05) is 0 Å². The van der Waals surface area contributed by atoms with Crippen LogP contribution < -0.4 is 0 Å². The maximum Gasteiger partial charge on any atom is 0.346 e. The third-order valence-electron chi connectivity index (χ3n) is 3.86. The SMILES string of the molecule is COC(=O)C1=C(C)N2C(=NC(C)=C(C(=O)OC)C2c2ccco2)S1. The Labute approximate surface area is 143 Å². The van der Waals surface area contributed by atoms with Crippen LogP contribution in [0.4, 0.5) is 0 Å². The van der Waals surface area contributed by atoms with Crippen molar-refractivity contribution >= 4 is 28.9 Å². The van der Waals surface area contributed by atoms with Crippen molar-refractivity contribution in [2.45, 2.75) is 19.9 Å². The zero-order chi connectivity index (χ0) is 17.4. The van der Waals surface area contributed by atoms with Gasteiger partial charge in [-0.15, -0.1) is 0 Å². The van der Waals surface area contributed by atoms with E-state index in [1.165, 1.54) is 32.2 Å². The number of rotatable bonds is 3. The minimum Gasteiger partial charge on any atom is -0.467 e. The van der Waals surface area contributed by atoms with Gasteiger partial charge in [0, 0.05) is 5.70 Å². The van der Waals surface area contributed by atoms with E-state index in [2.05, 4.69) is 4.99 Å². The molecule has 1 atom stereocenters. The van der Waals surface area contributed by atoms with Crippen LogP contribution in [0, 0.1) is 0 Å². The van der Waals surface area contributed by atoms with Crippen LogP contribution >= 0.6 is 11.8 Å². The second-order valence-electron chi connectivity index (χ2n) is 5.18. The molecule has 1 aromatic heterocycles. The monoisotopic (exact) mass is 348 g/mol. The molecule has 24 heavy (non-hydrogen) atoms. The number of ether oxygens (including phenoxy) is 2. The summed E-state index contributed by atoms with van der Waals surface area (Å²) in [6, 6.07) is 2.97. The summed E-state index contributed by atoms with van der Waals surface area (Å²) in [5, 5.41) is 0.597. The number of furan rings is 1. The van der Waals surface area contributed by atoms with Gasteiger partial charge in [0.25, 0.3) is 0 Å². The van der Waals surface area contributed by atoms with E-state index in [1.807, 2.05) is 0 Å². The maximum atomic E-state index is 12.3. The third kappa shape index (κ3) is 2.43. The average molecular weight is 348 g/mol. The van der Waals surface area contributed by atoms with Gasteiger partial charge in [-0.25, -0.2) is 14.6 Å². The number of fused-ring (bicyclic) bond motifs is 1. The minimum atomic E-state index is -0.547. The molecule has 0 fully saturated rings. The van der Waals surface area contributed by atoms with E-state index in [0.29, 0.717) is 32.8 Å². The molecule has 126 valence electrons. The fraction of sp³-hybridized carbons (Fsp3) is 0.312. The van der Waals surface area contributed by atoms with E-state index in [9.17, 15) is 9.59 Å². The summed E-state index contributed by atoms with van der Waals surface area (Å²) in [6.45, 7) is 3.52. The van der Waals surface area contributed by atoms with Crippen LogP contribution in [-0.2, 0) is 19.1 Å². The summed E-state index contributed by atoms with van der Waals surface area (Å²) in [7, 11) is 2.65. The first-order chi connectivity index (χ1) is 11.5. The molecule has 0 aliphatic carbocycles. The molecular formula is C16H16N2O5S. The van der Waals surface area contributed by atoms with Crippen LogP contribution in [0.1, 0.15) is 25.6 Å². The predicted octanol–water partition coefficient (Wildman–Crippen LogP) is 2.59. The lowest BCUT2D eigenvalue weighted by atomic mass is 9.99. The number of aliphatic imine (C=N–C) groups is 1. The summed E-state index contributed by atoms with van der Waals surface area (Å²) in [4.78, 5) is 31.0. The summed E-state index contributed by atoms with van der Waals surface area (Å²) in [6.07, 6.45) is 1.54. The highest BCUT2D eigenvalue weighted by Gasteiger charge is 2.44. The summed E-state index contributed by atoms with van der Waals surface area (Å²) >= 11 is 1.21. The number of nitrogens with zero attached hydrogens (tertiary/aromatic N) is 2. The molecule has 3 heterocycles. The molecule has 0 N–H and O–H groups in total. The number of esters is 2. The lowest BCUT2D eigenvalue weighted by Crippen LogP contribution is -2.35. The molecular weight excluding hydrogens is 332 g/mol. The van der Waals surface area contributed by atoms with Crippen molar-refractivity contribution in [3.05, 3.63) is 46.0 Å². The van der Waals surface area contributed by atoms with Gasteiger partial charge in [-0.05, 0) is 37.7 Å². The first-order valence-electron chi connectivity index (χ1n) is 7.17. The highest BCUT2D eigenvalue weighted by atomic mass is 32.2. The average Bonchev–Trinajstić information content (AvgIpc) is 3.21. The Morgan fingerprint density at radius 2 is 1.96 bits per heavy atom. The number of carbonyl (C=O) groups is 2. The molecule has 1 unspecified atom stereocenters. The first-order valence-corrected chi connectivity index (χ1v) is 7.98. The van der Waals surface area contributed by atoms with E-state index >= 15 is 0 Å². The van der Waals surface area contributed by atoms with Gasteiger partial charge in [0.15, 0.2) is 5.17 Å². The van der Waals surface area contributed by atoms with Crippen LogP contribution in [-0.4, -0.2) is 36.2 Å². The molecule has 2 aliphatic rings. The Morgan fingerprint density at radius 1 is 1.25 bits per heavy atom. The molecule has 1 aromatic rings. The van der Waals surface area contributed by atoms with Gasteiger partial charge in [-0.2, -0.15) is 0 Å². The minimum absolute atomic E-state index is 0.377. The molecule has 3 rings (SSSR count). The van der Waals surface area contributed by atoms with Gasteiger partial charge in [-0.3, -0.25) is 0 Å². The molecule has 0 saturated carbocycles. The summed E-state index contributed by atoms with van der Waals surface area (Å²) in [5.74, 6) is -0.362. The first kappa shape index (κ1) is 16.4. The number of hydrogen-bond acceptors (Lipinski definition) is 8. The number of hydrogen-bond donors (Lipinski definition) is 0. The van der Waals surface area contributed by atoms with Crippen LogP contribution in [0.3, 0.4) is 0 Å². The summed E-state index contributed by atoms with van der Waals surface area (Å²) in [5.41, 5.74) is 1.56. The molecule has 7 nitrogen and oxygen atoms in total. The normalized spacial score (nSPS) is 20.1. The van der Waals surface area contributed by atoms with Crippen molar-refractivity contribution < 1.29 is 23.5 Å². The molecule has 0 aromatic carbocycles. The Kier molecular flexibility index (Phi) is 4.23. The van der Waals surface area contributed by atoms with Crippen molar-refractivity contribution in [1.82, 2.24) is 4.90 Å². The second-order valence-corrected chi connectivity index (χ2v) is 6.16. The van der Waals surface area contributed by atoms with Crippen molar-refractivity contribution in [3.63, 3.8) is 0 Å². The molecule has 8 heteroatoms. The lowest BCUT2D eigenvalue weighted by molar-refractivity contribution is -0.137. The number of amidine groups is 1. The molecule has 0 spiro atoms. The quantitative estimate of drug-likeness (QED) is 0.777. The summed E-state index contributed by atoms with van der Waals surface area (Å²) < 4.78 is 15.3. The van der Waals surface area contributed by atoms with E-state index in [0.717, 1.165) is 0 Å². The van der Waals surface area contributed by atoms with Crippen LogP contribution in [0.15, 0.2) is 49.7 Å². The van der Waals surface area contributed by atoms with Gasteiger partial charge in [0.05, 0.1) is 31.8 Å². The lowest BCUT2D eigenvalue weighted by Gasteiger charge is -2.33. The zero-order valence-corrected chi connectivity index (χ0v) is 14.5. The third-order valence-corrected chi connectivity index (χ3v) is 5.00. The van der Waals surface area contributed by atoms with Gasteiger partial charge >= 0.3 is 11.9 Å². The molecule has 0 saturated heterocycles. The zero-order valence-electron chi connectivity index (χ0n) is 13.7. The van der Waals surface area contributed by atoms with Crippen LogP contribution in [0.5, 0.6) is 0 Å². The Bertz CT molecular complexity index is 791. The highest BCUT2D eigenvalue weighted by molar-refractivity contribution is 8.18. The number of methoxy groups -OCH3 is 2. The molecule has 0 radical (unpaired) electrons. The number of carbonyl (C=O) groups excluding carboxylic acids is 2. The number of thioether (sulfide) groups is 1. The Hall–Kier alpha value is -2.48. The number of allylic oxidation sites excluding steroid dienone is 2. The fourth-order valence-electron chi connectivity index (χ4n) is 2.75. The van der Waals surface area contributed by atoms with Gasteiger partial charge < -0.3 is 18.8 Å². The van der Waals surface area contributed by atoms with E-state index in [4.69, 9.17) is 13.9 Å². The van der Waals surface area contributed by atoms with Gasteiger partial charge in [0.1, 0.15) is 16.7 Å². The van der Waals surface area contributed by atoms with E-state index in [1.54, 1.807) is 30.9 Å². The van der Waals surface area contributed by atoms with Crippen molar-refractivity contribution in [1.29, 1.82) is 0 Å². The van der Waals surface area contributed by atoms with E-state index in [-0.39, 0.29) is 0 Å². The second kappa shape index (κ2) is 6.20. The highest BCUT2D eigenvalue weighted by Crippen LogP contribution is 2.47. The largest absolute Gasteiger partial charge is 0.467 e. The Balaban J connectivity index is 2.16. The van der Waals surface area contributed by atoms with Crippen molar-refractivity contribution in [3.8, 4) is 0 Å². The predicted molar refractivity (Wildman–Crippen MR) is 87.7 cm³/mol. The van der Waals surface area contributed by atoms with Crippen molar-refractivity contribution in [2.75, 3.05) is 14.2 Å². The Morgan fingerprint density at radius 3 is 2.54 bits per heavy atom. The molecule has 0 bridgehead atoms. The van der Waals surface area contributed by atoms with Crippen LogP contribution in [0.2, 0.25) is 0 Å². The smallest absolute Gasteiger partial charge is 0.346 e. The van der Waals surface area contributed by atoms with Gasteiger partial charge in [0.2, 0.25) is 0 Å². The topological polar surface area (TPSA) is 81.3 Å². The fourth-order valence-corrected chi connectivity index (χ4v) is 3.86. The molecule has 2 aliphatic heterocycles. The maximum absolute atomic E-state index is 12.3. The standard InChI is InChI=1S/C16H16N2O5S/c1-8-11(14(19)21-3)12(10-6-5-7-23-10)18-9(2)13(15(20)22-4)24-16(18)17-8/h5-7,12H,1-4H3. The van der Waals surface area contributed by atoms with E-state index < -0.39 is 18.0 Å². The molecule has 0 amide bonds.